The monoisotopic (exact) mass is 366 g/mol. The van der Waals surface area contributed by atoms with Crippen molar-refractivity contribution in [3.8, 4) is 5.75 Å². The lowest BCUT2D eigenvalue weighted by atomic mass is 9.87. The third-order valence-corrected chi connectivity index (χ3v) is 4.28. The molecule has 0 unspecified atom stereocenters. The lowest BCUT2D eigenvalue weighted by Crippen LogP contribution is -2.20. The molecule has 0 aliphatic heterocycles. The minimum Gasteiger partial charge on any atom is -0.484 e. The molecule has 0 spiro atoms. The molecule has 1 N–H and O–H groups in total. The van der Waals surface area contributed by atoms with Crippen molar-refractivity contribution in [1.29, 1.82) is 0 Å². The zero-order valence-corrected chi connectivity index (χ0v) is 16.5. The van der Waals surface area contributed by atoms with Crippen molar-refractivity contribution in [2.45, 2.75) is 46.1 Å². The number of nitrogens with zero attached hydrogens (tertiary/aromatic N) is 3. The van der Waals surface area contributed by atoms with Crippen LogP contribution in [0.15, 0.2) is 42.7 Å². The smallest absolute Gasteiger partial charge is 0.262 e. The number of benzene rings is 1. The van der Waals surface area contributed by atoms with Crippen molar-refractivity contribution in [2.75, 3.05) is 11.9 Å². The van der Waals surface area contributed by atoms with Crippen molar-refractivity contribution in [2.24, 2.45) is 0 Å². The van der Waals surface area contributed by atoms with E-state index in [2.05, 4.69) is 56.1 Å². The zero-order valence-electron chi connectivity index (χ0n) is 16.5. The van der Waals surface area contributed by atoms with Crippen molar-refractivity contribution in [1.82, 2.24) is 14.8 Å². The van der Waals surface area contributed by atoms with Gasteiger partial charge in [-0.25, -0.2) is 9.67 Å². The Morgan fingerprint density at radius 2 is 2.00 bits per heavy atom. The normalized spacial score (nSPS) is 11.8. The third-order valence-electron chi connectivity index (χ3n) is 4.28. The standard InChI is InChI=1S/C21H26N4O2/c1-14(2)25-20-15(11-23-25)9-17(12-22-20)24-19(26)13-27-18-8-6-7-16(10-18)21(3,4)5/h6-12,14H,13H2,1-5H3,(H,24,26). The first-order valence-electron chi connectivity index (χ1n) is 9.10. The van der Waals surface area contributed by atoms with E-state index in [1.54, 1.807) is 12.4 Å². The molecule has 142 valence electrons. The number of hydrogen-bond acceptors (Lipinski definition) is 4. The predicted molar refractivity (Wildman–Crippen MR) is 107 cm³/mol. The molecule has 0 fully saturated rings. The van der Waals surface area contributed by atoms with Gasteiger partial charge in [-0.2, -0.15) is 5.10 Å². The van der Waals surface area contributed by atoms with Gasteiger partial charge in [0.2, 0.25) is 0 Å². The number of carbonyl (C=O) groups excluding carboxylic acids is 1. The van der Waals surface area contributed by atoms with Gasteiger partial charge in [0.1, 0.15) is 5.75 Å². The number of fused-ring (bicyclic) bond motifs is 1. The molecule has 2 heterocycles. The molecule has 6 heteroatoms. The summed E-state index contributed by atoms with van der Waals surface area (Å²) in [5, 5.41) is 8.05. The fourth-order valence-corrected chi connectivity index (χ4v) is 2.78. The molecule has 0 radical (unpaired) electrons. The van der Waals surface area contributed by atoms with Gasteiger partial charge in [-0.1, -0.05) is 32.9 Å². The van der Waals surface area contributed by atoms with Gasteiger partial charge in [0.05, 0.1) is 18.1 Å². The van der Waals surface area contributed by atoms with E-state index >= 15 is 0 Å². The second-order valence-electron chi connectivity index (χ2n) is 7.93. The van der Waals surface area contributed by atoms with E-state index < -0.39 is 0 Å². The van der Waals surface area contributed by atoms with Gasteiger partial charge in [0.15, 0.2) is 12.3 Å². The summed E-state index contributed by atoms with van der Waals surface area (Å²) >= 11 is 0. The van der Waals surface area contributed by atoms with Gasteiger partial charge in [-0.05, 0) is 43.0 Å². The molecule has 0 bridgehead atoms. The molecular formula is C21H26N4O2. The van der Waals surface area contributed by atoms with E-state index in [0.717, 1.165) is 16.6 Å². The molecule has 3 aromatic rings. The Labute approximate surface area is 159 Å². The molecule has 2 aromatic heterocycles. The van der Waals surface area contributed by atoms with Gasteiger partial charge in [-0.3, -0.25) is 4.79 Å². The molecule has 6 nitrogen and oxygen atoms in total. The fourth-order valence-electron chi connectivity index (χ4n) is 2.78. The maximum absolute atomic E-state index is 12.2. The minimum atomic E-state index is -0.228. The van der Waals surface area contributed by atoms with Crippen LogP contribution in [-0.4, -0.2) is 27.3 Å². The maximum atomic E-state index is 12.2. The number of hydrogen-bond donors (Lipinski definition) is 1. The quantitative estimate of drug-likeness (QED) is 0.730. The minimum absolute atomic E-state index is 0.0309. The van der Waals surface area contributed by atoms with Gasteiger partial charge in [-0.15, -0.1) is 0 Å². The largest absolute Gasteiger partial charge is 0.484 e. The lowest BCUT2D eigenvalue weighted by Gasteiger charge is -2.19. The second kappa shape index (κ2) is 7.39. The summed E-state index contributed by atoms with van der Waals surface area (Å²) in [7, 11) is 0. The van der Waals surface area contributed by atoms with Crippen LogP contribution >= 0.6 is 0 Å². The summed E-state index contributed by atoms with van der Waals surface area (Å²) in [6.07, 6.45) is 3.40. The number of nitrogens with one attached hydrogen (secondary N) is 1. The van der Waals surface area contributed by atoms with Gasteiger partial charge < -0.3 is 10.1 Å². The topological polar surface area (TPSA) is 69.0 Å². The highest BCUT2D eigenvalue weighted by atomic mass is 16.5. The first-order chi connectivity index (χ1) is 12.7. The molecular weight excluding hydrogens is 340 g/mol. The van der Waals surface area contributed by atoms with Crippen LogP contribution in [-0.2, 0) is 10.2 Å². The van der Waals surface area contributed by atoms with E-state index in [1.165, 1.54) is 0 Å². The van der Waals surface area contributed by atoms with Gasteiger partial charge in [0.25, 0.3) is 5.91 Å². The number of carbonyl (C=O) groups is 1. The number of aromatic nitrogens is 3. The Morgan fingerprint density at radius 3 is 2.70 bits per heavy atom. The van der Waals surface area contributed by atoms with Crippen LogP contribution in [0.5, 0.6) is 5.75 Å². The van der Waals surface area contributed by atoms with Crippen molar-refractivity contribution >= 4 is 22.6 Å². The molecule has 1 aromatic carbocycles. The van der Waals surface area contributed by atoms with E-state index in [1.807, 2.05) is 28.9 Å². The van der Waals surface area contributed by atoms with Crippen LogP contribution in [0.1, 0.15) is 46.2 Å². The van der Waals surface area contributed by atoms with Crippen LogP contribution < -0.4 is 10.1 Å². The summed E-state index contributed by atoms with van der Waals surface area (Å²) < 4.78 is 7.50. The van der Waals surface area contributed by atoms with Crippen LogP contribution in [0.2, 0.25) is 0 Å². The van der Waals surface area contributed by atoms with Crippen LogP contribution in [0, 0.1) is 0 Å². The van der Waals surface area contributed by atoms with E-state index in [9.17, 15) is 4.79 Å². The molecule has 1 amide bonds. The zero-order chi connectivity index (χ0) is 19.6. The lowest BCUT2D eigenvalue weighted by molar-refractivity contribution is -0.118. The second-order valence-corrected chi connectivity index (χ2v) is 7.93. The predicted octanol–water partition coefficient (Wildman–Crippen LogP) is 4.33. The number of rotatable bonds is 5. The summed E-state index contributed by atoms with van der Waals surface area (Å²) in [6.45, 7) is 10.5. The highest BCUT2D eigenvalue weighted by Crippen LogP contribution is 2.25. The maximum Gasteiger partial charge on any atom is 0.262 e. The van der Waals surface area contributed by atoms with Gasteiger partial charge >= 0.3 is 0 Å². The molecule has 0 saturated heterocycles. The molecule has 3 rings (SSSR count). The van der Waals surface area contributed by atoms with Crippen LogP contribution in [0.4, 0.5) is 5.69 Å². The van der Waals surface area contributed by atoms with Crippen LogP contribution in [0.3, 0.4) is 0 Å². The number of amides is 1. The van der Waals surface area contributed by atoms with Crippen LogP contribution in [0.25, 0.3) is 11.0 Å². The number of pyridine rings is 1. The Hall–Kier alpha value is -2.89. The summed E-state index contributed by atoms with van der Waals surface area (Å²) in [6, 6.07) is 9.93. The Morgan fingerprint density at radius 1 is 1.22 bits per heavy atom. The number of ether oxygens (including phenoxy) is 1. The molecule has 0 atom stereocenters. The highest BCUT2D eigenvalue weighted by molar-refractivity contribution is 5.93. The van der Waals surface area contributed by atoms with E-state index in [0.29, 0.717) is 11.4 Å². The average Bonchev–Trinajstić information content (AvgIpc) is 3.03. The van der Waals surface area contributed by atoms with Crippen molar-refractivity contribution in [3.05, 3.63) is 48.3 Å². The molecule has 0 aliphatic rings. The summed E-state index contributed by atoms with van der Waals surface area (Å²) in [5.41, 5.74) is 2.63. The third kappa shape index (κ3) is 4.45. The average molecular weight is 366 g/mol. The van der Waals surface area contributed by atoms with E-state index in [4.69, 9.17) is 4.74 Å². The first kappa shape index (κ1) is 18.9. The Kier molecular flexibility index (Phi) is 5.17. The molecule has 0 saturated carbocycles. The van der Waals surface area contributed by atoms with E-state index in [-0.39, 0.29) is 24.0 Å². The highest BCUT2D eigenvalue weighted by Gasteiger charge is 2.14. The number of anilines is 1. The fraction of sp³-hybridized carbons (Fsp3) is 0.381. The Balaban J connectivity index is 1.64. The molecule has 27 heavy (non-hydrogen) atoms. The van der Waals surface area contributed by atoms with Crippen molar-refractivity contribution in [3.63, 3.8) is 0 Å². The molecule has 0 aliphatic carbocycles. The summed E-state index contributed by atoms with van der Waals surface area (Å²) in [5.74, 6) is 0.456. The summed E-state index contributed by atoms with van der Waals surface area (Å²) in [4.78, 5) is 16.6. The Bertz CT molecular complexity index is 954. The van der Waals surface area contributed by atoms with Crippen molar-refractivity contribution < 1.29 is 9.53 Å². The first-order valence-corrected chi connectivity index (χ1v) is 9.10. The SMILES string of the molecule is CC(C)n1ncc2cc(NC(=O)COc3cccc(C(C)(C)C)c3)cnc21. The van der Waals surface area contributed by atoms with Gasteiger partial charge in [0, 0.05) is 11.4 Å².